The highest BCUT2D eigenvalue weighted by Crippen LogP contribution is 2.32. The lowest BCUT2D eigenvalue weighted by Gasteiger charge is -2.05. The minimum Gasteiger partial charge on any atom is -0.326 e. The second-order valence-corrected chi connectivity index (χ2v) is 5.85. The van der Waals surface area contributed by atoms with Gasteiger partial charge < -0.3 is 10.6 Å². The van der Waals surface area contributed by atoms with Gasteiger partial charge in [0.05, 0.1) is 0 Å². The maximum absolute atomic E-state index is 12.4. The number of nitrogens with one attached hydrogen (secondary N) is 2. The summed E-state index contributed by atoms with van der Waals surface area (Å²) in [6, 6.07) is 7.12. The second-order valence-electron chi connectivity index (χ2n) is 4.87. The molecule has 0 aliphatic heterocycles. The zero-order valence-electron chi connectivity index (χ0n) is 12.5. The van der Waals surface area contributed by atoms with Gasteiger partial charge in [-0.3, -0.25) is 9.59 Å². The summed E-state index contributed by atoms with van der Waals surface area (Å²) >= 11 is 0.227. The van der Waals surface area contributed by atoms with Crippen LogP contribution >= 0.6 is 11.3 Å². The summed E-state index contributed by atoms with van der Waals surface area (Å²) in [4.78, 5) is 23.4. The van der Waals surface area contributed by atoms with E-state index in [0.717, 1.165) is 5.56 Å². The van der Waals surface area contributed by atoms with E-state index >= 15 is 0 Å². The third-order valence-electron chi connectivity index (χ3n) is 2.83. The van der Waals surface area contributed by atoms with Crippen LogP contribution in [0, 0.1) is 6.92 Å². The molecule has 6 nitrogen and oxygen atoms in total. The van der Waals surface area contributed by atoms with Crippen LogP contribution in [0.25, 0.3) is 0 Å². The molecule has 0 unspecified atom stereocenters. The predicted octanol–water partition coefficient (Wildman–Crippen LogP) is 3.22. The van der Waals surface area contributed by atoms with Crippen LogP contribution in [0.15, 0.2) is 24.3 Å². The highest BCUT2D eigenvalue weighted by Gasteiger charge is 2.35. The standard InChI is InChI=1S/C14H13F3N4O2S/c1-8-2-4-9(5-3-8)18-10(22)6-7-11(23)19-13-21-20-12(24-13)14(15,16)17/h2-5H,6-7H2,1H3,(H,18,22)(H,19,21,23). The van der Waals surface area contributed by atoms with Crippen molar-refractivity contribution in [2.45, 2.75) is 25.9 Å². The van der Waals surface area contributed by atoms with Gasteiger partial charge in [0.15, 0.2) is 0 Å². The Labute approximate surface area is 139 Å². The van der Waals surface area contributed by atoms with Crippen LogP contribution in [0.5, 0.6) is 0 Å². The first-order valence-corrected chi connectivity index (χ1v) is 7.63. The zero-order chi connectivity index (χ0) is 17.7. The summed E-state index contributed by atoms with van der Waals surface area (Å²) in [6.07, 6.45) is -4.89. The maximum atomic E-state index is 12.4. The molecule has 0 fully saturated rings. The number of hydrogen-bond acceptors (Lipinski definition) is 5. The van der Waals surface area contributed by atoms with Crippen LogP contribution in [0.1, 0.15) is 23.4 Å². The van der Waals surface area contributed by atoms with Gasteiger partial charge in [0.25, 0.3) is 0 Å². The Hall–Kier alpha value is -2.49. The predicted molar refractivity (Wildman–Crippen MR) is 82.6 cm³/mol. The molecular formula is C14H13F3N4O2S. The first-order chi connectivity index (χ1) is 11.2. The van der Waals surface area contributed by atoms with E-state index in [0.29, 0.717) is 5.69 Å². The smallest absolute Gasteiger partial charge is 0.326 e. The van der Waals surface area contributed by atoms with Crippen LogP contribution in [0.3, 0.4) is 0 Å². The van der Waals surface area contributed by atoms with E-state index in [4.69, 9.17) is 0 Å². The van der Waals surface area contributed by atoms with Gasteiger partial charge in [-0.1, -0.05) is 29.0 Å². The molecule has 2 N–H and O–H groups in total. The number of benzene rings is 1. The molecule has 0 aliphatic rings. The number of carbonyl (C=O) groups excluding carboxylic acids is 2. The molecule has 0 atom stereocenters. The van der Waals surface area contributed by atoms with Gasteiger partial charge in [-0.2, -0.15) is 13.2 Å². The molecule has 128 valence electrons. The summed E-state index contributed by atoms with van der Waals surface area (Å²) in [6.45, 7) is 1.91. The number of aryl methyl sites for hydroxylation is 1. The molecule has 0 radical (unpaired) electrons. The van der Waals surface area contributed by atoms with Crippen molar-refractivity contribution >= 4 is 34.0 Å². The van der Waals surface area contributed by atoms with Gasteiger partial charge in [0, 0.05) is 18.5 Å². The summed E-state index contributed by atoms with van der Waals surface area (Å²) in [5.74, 6) is -0.985. The van der Waals surface area contributed by atoms with E-state index in [9.17, 15) is 22.8 Å². The lowest BCUT2D eigenvalue weighted by Crippen LogP contribution is -2.17. The van der Waals surface area contributed by atoms with Crippen LogP contribution < -0.4 is 10.6 Å². The van der Waals surface area contributed by atoms with Crippen LogP contribution in [-0.2, 0) is 15.8 Å². The molecule has 1 aromatic carbocycles. The van der Waals surface area contributed by atoms with Crippen molar-refractivity contribution in [3.05, 3.63) is 34.8 Å². The molecule has 1 aromatic heterocycles. The lowest BCUT2D eigenvalue weighted by atomic mass is 10.2. The Morgan fingerprint density at radius 3 is 2.17 bits per heavy atom. The van der Waals surface area contributed by atoms with E-state index in [-0.39, 0.29) is 35.2 Å². The molecule has 2 amide bonds. The molecule has 2 rings (SSSR count). The molecule has 0 saturated heterocycles. The van der Waals surface area contributed by atoms with Gasteiger partial charge in [0.1, 0.15) is 0 Å². The van der Waals surface area contributed by atoms with Crippen molar-refractivity contribution in [2.75, 3.05) is 10.6 Å². The Balaban J connectivity index is 1.79. The van der Waals surface area contributed by atoms with Gasteiger partial charge >= 0.3 is 6.18 Å². The number of anilines is 2. The number of nitrogens with zero attached hydrogens (tertiary/aromatic N) is 2. The number of carbonyl (C=O) groups is 2. The molecular weight excluding hydrogens is 345 g/mol. The summed E-state index contributed by atoms with van der Waals surface area (Å²) < 4.78 is 37.1. The Kier molecular flexibility index (Phi) is 5.50. The Morgan fingerprint density at radius 1 is 1.04 bits per heavy atom. The number of aromatic nitrogens is 2. The fourth-order valence-corrected chi connectivity index (χ4v) is 2.28. The zero-order valence-corrected chi connectivity index (χ0v) is 13.3. The highest BCUT2D eigenvalue weighted by molar-refractivity contribution is 7.15. The monoisotopic (exact) mass is 358 g/mol. The molecule has 10 heteroatoms. The van der Waals surface area contributed by atoms with Crippen molar-refractivity contribution in [2.24, 2.45) is 0 Å². The molecule has 0 spiro atoms. The second kappa shape index (κ2) is 7.39. The van der Waals surface area contributed by atoms with Gasteiger partial charge in [-0.15, -0.1) is 10.2 Å². The molecule has 0 saturated carbocycles. The molecule has 2 aromatic rings. The van der Waals surface area contributed by atoms with E-state index in [2.05, 4.69) is 20.8 Å². The quantitative estimate of drug-likeness (QED) is 0.860. The fourth-order valence-electron chi connectivity index (χ4n) is 1.66. The highest BCUT2D eigenvalue weighted by atomic mass is 32.1. The summed E-state index contributed by atoms with van der Waals surface area (Å²) in [5, 5.41) is 9.59. The van der Waals surface area contributed by atoms with Crippen molar-refractivity contribution < 1.29 is 22.8 Å². The van der Waals surface area contributed by atoms with E-state index in [1.54, 1.807) is 12.1 Å². The number of alkyl halides is 3. The Morgan fingerprint density at radius 2 is 1.62 bits per heavy atom. The van der Waals surface area contributed by atoms with Crippen molar-refractivity contribution in [3.8, 4) is 0 Å². The summed E-state index contributed by atoms with van der Waals surface area (Å²) in [7, 11) is 0. The fraction of sp³-hybridized carbons (Fsp3) is 0.286. The average molecular weight is 358 g/mol. The lowest BCUT2D eigenvalue weighted by molar-refractivity contribution is -0.138. The van der Waals surface area contributed by atoms with Crippen molar-refractivity contribution in [1.82, 2.24) is 10.2 Å². The van der Waals surface area contributed by atoms with E-state index < -0.39 is 17.1 Å². The topological polar surface area (TPSA) is 84.0 Å². The number of hydrogen-bond donors (Lipinski definition) is 2. The SMILES string of the molecule is Cc1ccc(NC(=O)CCC(=O)Nc2nnc(C(F)(F)F)s2)cc1. The summed E-state index contributed by atoms with van der Waals surface area (Å²) in [5.41, 5.74) is 1.65. The molecule has 24 heavy (non-hydrogen) atoms. The molecule has 0 bridgehead atoms. The largest absolute Gasteiger partial charge is 0.445 e. The van der Waals surface area contributed by atoms with Gasteiger partial charge in [0.2, 0.25) is 22.0 Å². The first-order valence-electron chi connectivity index (χ1n) is 6.81. The van der Waals surface area contributed by atoms with Crippen LogP contribution in [0.2, 0.25) is 0 Å². The van der Waals surface area contributed by atoms with Crippen LogP contribution in [-0.4, -0.2) is 22.0 Å². The minimum atomic E-state index is -4.60. The maximum Gasteiger partial charge on any atom is 0.445 e. The molecule has 1 heterocycles. The number of amides is 2. The minimum absolute atomic E-state index is 0.107. The Bertz CT molecular complexity index is 728. The number of halogens is 3. The van der Waals surface area contributed by atoms with E-state index in [1.165, 1.54) is 0 Å². The normalized spacial score (nSPS) is 11.2. The number of rotatable bonds is 5. The van der Waals surface area contributed by atoms with Crippen LogP contribution in [0.4, 0.5) is 24.0 Å². The third kappa shape index (κ3) is 5.30. The van der Waals surface area contributed by atoms with Crippen molar-refractivity contribution in [1.29, 1.82) is 0 Å². The van der Waals surface area contributed by atoms with Gasteiger partial charge in [-0.25, -0.2) is 0 Å². The average Bonchev–Trinajstić information content (AvgIpc) is 2.96. The van der Waals surface area contributed by atoms with Gasteiger partial charge in [-0.05, 0) is 19.1 Å². The third-order valence-corrected chi connectivity index (χ3v) is 3.71. The van der Waals surface area contributed by atoms with E-state index in [1.807, 2.05) is 19.1 Å². The molecule has 0 aliphatic carbocycles. The van der Waals surface area contributed by atoms with Crippen molar-refractivity contribution in [3.63, 3.8) is 0 Å². The first kappa shape index (κ1) is 17.9.